The number of rotatable bonds is 6. The minimum Gasteiger partial charge on any atom is -0.390 e. The first-order valence-electron chi connectivity index (χ1n) is 6.23. The van der Waals surface area contributed by atoms with Crippen LogP contribution in [0.5, 0.6) is 0 Å². The van der Waals surface area contributed by atoms with Gasteiger partial charge in [0.1, 0.15) is 0 Å². The van der Waals surface area contributed by atoms with E-state index in [1.807, 2.05) is 50.2 Å². The van der Waals surface area contributed by atoms with Gasteiger partial charge >= 0.3 is 0 Å². The maximum atomic E-state index is 12.0. The number of hydrogen-bond donors (Lipinski definition) is 2. The number of aliphatic hydroxyl groups is 1. The van der Waals surface area contributed by atoms with Crippen molar-refractivity contribution in [3.63, 3.8) is 0 Å². The zero-order valence-corrected chi connectivity index (χ0v) is 11.3. The van der Waals surface area contributed by atoms with Gasteiger partial charge in [0.15, 0.2) is 0 Å². The summed E-state index contributed by atoms with van der Waals surface area (Å²) in [4.78, 5) is 13.9. The first kappa shape index (κ1) is 14.7. The van der Waals surface area contributed by atoms with Gasteiger partial charge in [-0.1, -0.05) is 25.1 Å². The van der Waals surface area contributed by atoms with E-state index < -0.39 is 6.10 Å². The Hall–Kier alpha value is -1.39. The van der Waals surface area contributed by atoms with E-state index in [2.05, 4.69) is 5.32 Å². The molecule has 4 nitrogen and oxygen atoms in total. The number of aryl methyl sites for hydroxylation is 1. The summed E-state index contributed by atoms with van der Waals surface area (Å²) in [6, 6.07) is 7.54. The average Bonchev–Trinajstić information content (AvgIpc) is 2.35. The number of carbonyl (C=O) groups is 1. The molecule has 0 unspecified atom stereocenters. The van der Waals surface area contributed by atoms with Gasteiger partial charge in [0.05, 0.1) is 6.10 Å². The molecule has 0 saturated carbocycles. The van der Waals surface area contributed by atoms with Crippen molar-refractivity contribution in [3.8, 4) is 0 Å². The summed E-state index contributed by atoms with van der Waals surface area (Å²) in [5.41, 5.74) is 1.72. The summed E-state index contributed by atoms with van der Waals surface area (Å²) >= 11 is 0. The largest absolute Gasteiger partial charge is 0.390 e. The Balaban J connectivity index is 2.55. The zero-order chi connectivity index (χ0) is 13.5. The van der Waals surface area contributed by atoms with Crippen molar-refractivity contribution in [1.29, 1.82) is 0 Å². The molecule has 0 fully saturated rings. The Morgan fingerprint density at radius 1 is 1.39 bits per heavy atom. The van der Waals surface area contributed by atoms with Crippen LogP contribution in [0.1, 0.15) is 22.8 Å². The number of carbonyl (C=O) groups excluding carboxylic acids is 1. The topological polar surface area (TPSA) is 52.6 Å². The summed E-state index contributed by atoms with van der Waals surface area (Å²) < 4.78 is 0. The van der Waals surface area contributed by atoms with Gasteiger partial charge in [0.25, 0.3) is 5.91 Å². The van der Waals surface area contributed by atoms with Gasteiger partial charge in [0.2, 0.25) is 0 Å². The summed E-state index contributed by atoms with van der Waals surface area (Å²) in [7, 11) is 3.77. The molecule has 0 heterocycles. The second-order valence-electron chi connectivity index (χ2n) is 4.64. The highest BCUT2D eigenvalue weighted by Gasteiger charge is 2.11. The van der Waals surface area contributed by atoms with Gasteiger partial charge < -0.3 is 15.3 Å². The molecule has 2 N–H and O–H groups in total. The molecule has 0 saturated heterocycles. The Bertz CT molecular complexity index is 391. The van der Waals surface area contributed by atoms with Crippen molar-refractivity contribution in [2.75, 3.05) is 27.2 Å². The smallest absolute Gasteiger partial charge is 0.251 e. The van der Waals surface area contributed by atoms with E-state index in [0.717, 1.165) is 12.0 Å². The molecule has 0 bridgehead atoms. The maximum Gasteiger partial charge on any atom is 0.251 e. The first-order chi connectivity index (χ1) is 8.54. The van der Waals surface area contributed by atoms with E-state index >= 15 is 0 Å². The van der Waals surface area contributed by atoms with E-state index in [9.17, 15) is 9.90 Å². The lowest BCUT2D eigenvalue weighted by atomic mass is 10.0. The Morgan fingerprint density at radius 2 is 2.06 bits per heavy atom. The Morgan fingerprint density at radius 3 is 2.67 bits per heavy atom. The van der Waals surface area contributed by atoms with E-state index in [4.69, 9.17) is 0 Å². The van der Waals surface area contributed by atoms with Gasteiger partial charge in [-0.15, -0.1) is 0 Å². The van der Waals surface area contributed by atoms with Crippen LogP contribution in [0.4, 0.5) is 0 Å². The summed E-state index contributed by atoms with van der Waals surface area (Å²) in [5.74, 6) is -0.120. The monoisotopic (exact) mass is 250 g/mol. The Labute approximate surface area is 109 Å². The molecule has 1 amide bonds. The summed E-state index contributed by atoms with van der Waals surface area (Å²) in [6.07, 6.45) is 0.279. The third kappa shape index (κ3) is 4.47. The molecule has 4 heteroatoms. The highest BCUT2D eigenvalue weighted by molar-refractivity contribution is 5.95. The predicted octanol–water partition coefficient (Wildman–Crippen LogP) is 0.901. The summed E-state index contributed by atoms with van der Waals surface area (Å²) in [5, 5.41) is 12.4. The van der Waals surface area contributed by atoms with Crippen LogP contribution in [0.3, 0.4) is 0 Å². The van der Waals surface area contributed by atoms with E-state index in [0.29, 0.717) is 12.1 Å². The molecule has 0 aliphatic heterocycles. The van der Waals surface area contributed by atoms with E-state index in [1.54, 1.807) is 0 Å². The molecule has 1 rings (SSSR count). The number of amides is 1. The van der Waals surface area contributed by atoms with Crippen molar-refractivity contribution in [2.24, 2.45) is 0 Å². The molecule has 0 aliphatic carbocycles. The van der Waals surface area contributed by atoms with Crippen molar-refractivity contribution >= 4 is 5.91 Å². The molecule has 0 aliphatic rings. The van der Waals surface area contributed by atoms with Gasteiger partial charge in [-0.3, -0.25) is 4.79 Å². The number of nitrogens with one attached hydrogen (secondary N) is 1. The van der Waals surface area contributed by atoms with Crippen molar-refractivity contribution in [1.82, 2.24) is 10.2 Å². The number of benzene rings is 1. The number of nitrogens with zero attached hydrogens (tertiary/aromatic N) is 1. The number of aliphatic hydroxyl groups excluding tert-OH is 1. The molecule has 0 aromatic heterocycles. The molecule has 0 spiro atoms. The minimum absolute atomic E-state index is 0.120. The lowest BCUT2D eigenvalue weighted by Gasteiger charge is -2.16. The lowest BCUT2D eigenvalue weighted by Crippen LogP contribution is -2.38. The Kier molecular flexibility index (Phi) is 5.82. The maximum absolute atomic E-state index is 12.0. The standard InChI is InChI=1S/C14H22N2O2/c1-4-11-7-5-6-8-13(11)14(18)15-9-12(17)10-16(2)3/h5-8,12,17H,4,9-10H2,1-3H3,(H,15,18)/t12-/m1/s1. The molecular formula is C14H22N2O2. The van der Waals surface area contributed by atoms with Crippen LogP contribution in [-0.4, -0.2) is 49.2 Å². The number of hydrogen-bond acceptors (Lipinski definition) is 3. The molecule has 18 heavy (non-hydrogen) atoms. The van der Waals surface area contributed by atoms with Crippen LogP contribution in [0, 0.1) is 0 Å². The average molecular weight is 250 g/mol. The fraction of sp³-hybridized carbons (Fsp3) is 0.500. The van der Waals surface area contributed by atoms with Crippen LogP contribution in [0.2, 0.25) is 0 Å². The van der Waals surface area contributed by atoms with Crippen LogP contribution >= 0.6 is 0 Å². The summed E-state index contributed by atoms with van der Waals surface area (Å²) in [6.45, 7) is 2.83. The molecule has 1 aromatic rings. The van der Waals surface area contributed by atoms with Crippen LogP contribution < -0.4 is 5.32 Å². The fourth-order valence-electron chi connectivity index (χ4n) is 1.84. The first-order valence-corrected chi connectivity index (χ1v) is 6.23. The van der Waals surface area contributed by atoms with Crippen molar-refractivity contribution in [3.05, 3.63) is 35.4 Å². The lowest BCUT2D eigenvalue weighted by molar-refractivity contribution is 0.0891. The molecule has 1 aromatic carbocycles. The molecule has 1 atom stereocenters. The van der Waals surface area contributed by atoms with Gasteiger partial charge in [-0.25, -0.2) is 0 Å². The fourth-order valence-corrected chi connectivity index (χ4v) is 1.84. The predicted molar refractivity (Wildman–Crippen MR) is 72.7 cm³/mol. The quantitative estimate of drug-likeness (QED) is 0.789. The van der Waals surface area contributed by atoms with E-state index in [-0.39, 0.29) is 12.5 Å². The van der Waals surface area contributed by atoms with Gasteiger partial charge in [-0.05, 0) is 32.1 Å². The third-order valence-corrected chi connectivity index (χ3v) is 2.72. The normalized spacial score (nSPS) is 12.5. The van der Waals surface area contributed by atoms with Crippen LogP contribution in [0.15, 0.2) is 24.3 Å². The highest BCUT2D eigenvalue weighted by Crippen LogP contribution is 2.09. The second kappa shape index (κ2) is 7.13. The number of likely N-dealkylation sites (N-methyl/N-ethyl adjacent to an activating group) is 1. The van der Waals surface area contributed by atoms with Crippen molar-refractivity contribution in [2.45, 2.75) is 19.4 Å². The highest BCUT2D eigenvalue weighted by atomic mass is 16.3. The minimum atomic E-state index is -0.544. The third-order valence-electron chi connectivity index (χ3n) is 2.72. The zero-order valence-electron chi connectivity index (χ0n) is 11.3. The second-order valence-corrected chi connectivity index (χ2v) is 4.64. The van der Waals surface area contributed by atoms with Crippen molar-refractivity contribution < 1.29 is 9.90 Å². The van der Waals surface area contributed by atoms with E-state index in [1.165, 1.54) is 0 Å². The van der Waals surface area contributed by atoms with Crippen LogP contribution in [-0.2, 0) is 6.42 Å². The molecule has 100 valence electrons. The SMILES string of the molecule is CCc1ccccc1C(=O)NC[C@@H](O)CN(C)C. The molecule has 0 radical (unpaired) electrons. The van der Waals surface area contributed by atoms with Gasteiger partial charge in [-0.2, -0.15) is 0 Å². The molecular weight excluding hydrogens is 228 g/mol. The van der Waals surface area contributed by atoms with Gasteiger partial charge in [0, 0.05) is 18.7 Å². The van der Waals surface area contributed by atoms with Crippen LogP contribution in [0.25, 0.3) is 0 Å².